The second kappa shape index (κ2) is 9.70. The number of ether oxygens (including phenoxy) is 3. The summed E-state index contributed by atoms with van der Waals surface area (Å²) in [6.45, 7) is 6.44. The Kier molecular flexibility index (Phi) is 7.25. The topological polar surface area (TPSA) is 90.9 Å². The van der Waals surface area contributed by atoms with E-state index in [1.54, 1.807) is 13.0 Å². The third kappa shape index (κ3) is 4.73. The maximum atomic E-state index is 13.1. The highest BCUT2D eigenvalue weighted by Crippen LogP contribution is 2.40. The Morgan fingerprint density at radius 2 is 1.73 bits per heavy atom. The summed E-state index contributed by atoms with van der Waals surface area (Å²) in [4.78, 5) is 13.7. The van der Waals surface area contributed by atoms with Crippen LogP contribution in [-0.2, 0) is 27.6 Å². The minimum atomic E-state index is -3.94. The normalized spacial score (nSPS) is 13.4. The first-order valence-corrected chi connectivity index (χ1v) is 12.4. The number of benzene rings is 1. The number of rotatable bonds is 9. The number of fused-ring (bicyclic) bond motifs is 1. The van der Waals surface area contributed by atoms with Crippen LogP contribution in [0.5, 0.6) is 11.5 Å². The van der Waals surface area contributed by atoms with Gasteiger partial charge in [0.15, 0.2) is 11.5 Å². The van der Waals surface area contributed by atoms with Crippen molar-refractivity contribution in [3.63, 3.8) is 0 Å². The van der Waals surface area contributed by atoms with Gasteiger partial charge in [0.1, 0.15) is 5.00 Å². The molecule has 0 fully saturated rings. The standard InChI is InChI=1S/C21H27NO6S2/c1-4-26-16-12-11-14(13-17(16)27-5-2)30(24,25)22-20-19(21(23)28-6-3)15-9-7-8-10-18(15)29-20/h11-13,22H,4-10H2,1-3H3. The zero-order valence-electron chi connectivity index (χ0n) is 17.4. The summed E-state index contributed by atoms with van der Waals surface area (Å²) in [6, 6.07) is 4.48. The van der Waals surface area contributed by atoms with Gasteiger partial charge in [-0.3, -0.25) is 4.72 Å². The number of carbonyl (C=O) groups excluding carboxylic acids is 1. The second-order valence-corrected chi connectivity index (χ2v) is 9.50. The van der Waals surface area contributed by atoms with Crippen LogP contribution in [0.2, 0.25) is 0 Å². The molecule has 0 aliphatic heterocycles. The molecule has 164 valence electrons. The van der Waals surface area contributed by atoms with Crippen LogP contribution in [0.1, 0.15) is 54.4 Å². The van der Waals surface area contributed by atoms with E-state index in [4.69, 9.17) is 14.2 Å². The molecule has 0 amide bonds. The Morgan fingerprint density at radius 1 is 1.03 bits per heavy atom. The summed E-state index contributed by atoms with van der Waals surface area (Å²) in [5.41, 5.74) is 1.25. The molecule has 0 saturated carbocycles. The summed E-state index contributed by atoms with van der Waals surface area (Å²) >= 11 is 1.32. The van der Waals surface area contributed by atoms with Crippen LogP contribution in [0.15, 0.2) is 23.1 Å². The van der Waals surface area contributed by atoms with Crippen molar-refractivity contribution in [1.29, 1.82) is 0 Å². The molecule has 9 heteroatoms. The SMILES string of the molecule is CCOC(=O)c1c(NS(=O)(=O)c2ccc(OCC)c(OCC)c2)sc2c1CCCC2. The zero-order chi connectivity index (χ0) is 21.7. The lowest BCUT2D eigenvalue weighted by atomic mass is 9.95. The summed E-state index contributed by atoms with van der Waals surface area (Å²) in [6.07, 6.45) is 3.59. The van der Waals surface area contributed by atoms with Gasteiger partial charge in [-0.15, -0.1) is 11.3 Å². The zero-order valence-corrected chi connectivity index (χ0v) is 19.1. The molecule has 3 rings (SSSR count). The third-order valence-electron chi connectivity index (χ3n) is 4.70. The molecule has 7 nitrogen and oxygen atoms in total. The average molecular weight is 454 g/mol. The van der Waals surface area contributed by atoms with Gasteiger partial charge in [-0.25, -0.2) is 13.2 Å². The molecule has 0 unspecified atom stereocenters. The lowest BCUT2D eigenvalue weighted by Gasteiger charge is -2.14. The molecular weight excluding hydrogens is 426 g/mol. The van der Waals surface area contributed by atoms with Crippen LogP contribution < -0.4 is 14.2 Å². The molecule has 0 spiro atoms. The smallest absolute Gasteiger partial charge is 0.341 e. The molecule has 1 N–H and O–H groups in total. The quantitative estimate of drug-likeness (QED) is 0.566. The number of hydrogen-bond donors (Lipinski definition) is 1. The third-order valence-corrected chi connectivity index (χ3v) is 7.39. The van der Waals surface area contributed by atoms with Gasteiger partial charge in [-0.2, -0.15) is 0 Å². The van der Waals surface area contributed by atoms with Gasteiger partial charge in [-0.05, 0) is 64.2 Å². The van der Waals surface area contributed by atoms with Crippen LogP contribution >= 0.6 is 11.3 Å². The van der Waals surface area contributed by atoms with E-state index in [1.807, 2.05) is 13.8 Å². The van der Waals surface area contributed by atoms with Crippen molar-refractivity contribution in [2.45, 2.75) is 51.3 Å². The van der Waals surface area contributed by atoms with E-state index in [9.17, 15) is 13.2 Å². The van der Waals surface area contributed by atoms with E-state index < -0.39 is 16.0 Å². The van der Waals surface area contributed by atoms with Gasteiger partial charge >= 0.3 is 5.97 Å². The maximum absolute atomic E-state index is 13.1. The average Bonchev–Trinajstić information content (AvgIpc) is 3.07. The highest BCUT2D eigenvalue weighted by Gasteiger charge is 2.29. The number of carbonyl (C=O) groups is 1. The van der Waals surface area contributed by atoms with E-state index in [0.29, 0.717) is 35.3 Å². The number of sulfonamides is 1. The summed E-state index contributed by atoms with van der Waals surface area (Å²) < 4.78 is 45.1. The van der Waals surface area contributed by atoms with Gasteiger partial charge in [0.25, 0.3) is 10.0 Å². The first-order valence-electron chi connectivity index (χ1n) is 10.1. The second-order valence-electron chi connectivity index (χ2n) is 6.72. The van der Waals surface area contributed by atoms with Crippen LogP contribution in [0.4, 0.5) is 5.00 Å². The fourth-order valence-corrected chi connectivity index (χ4v) is 6.03. The van der Waals surface area contributed by atoms with Gasteiger partial charge in [-0.1, -0.05) is 0 Å². The minimum Gasteiger partial charge on any atom is -0.490 e. The predicted octanol–water partition coefficient (Wildman–Crippen LogP) is 4.40. The number of anilines is 1. The number of esters is 1. The van der Waals surface area contributed by atoms with Crippen molar-refractivity contribution in [2.75, 3.05) is 24.5 Å². The number of hydrogen-bond acceptors (Lipinski definition) is 7. The van der Waals surface area contributed by atoms with E-state index >= 15 is 0 Å². The van der Waals surface area contributed by atoms with E-state index in [2.05, 4.69) is 4.72 Å². The Morgan fingerprint density at radius 3 is 2.43 bits per heavy atom. The van der Waals surface area contributed by atoms with Crippen LogP contribution in [0, 0.1) is 0 Å². The van der Waals surface area contributed by atoms with Crippen molar-refractivity contribution in [2.24, 2.45) is 0 Å². The Labute approximate surface area is 181 Å². The summed E-state index contributed by atoms with van der Waals surface area (Å²) in [5.74, 6) is 0.353. The van der Waals surface area contributed by atoms with Gasteiger partial charge in [0.05, 0.1) is 30.3 Å². The minimum absolute atomic E-state index is 0.0376. The van der Waals surface area contributed by atoms with Crippen molar-refractivity contribution >= 4 is 32.3 Å². The van der Waals surface area contributed by atoms with Gasteiger partial charge in [0, 0.05) is 10.9 Å². The molecule has 0 radical (unpaired) electrons. The largest absolute Gasteiger partial charge is 0.490 e. The number of nitrogens with one attached hydrogen (secondary N) is 1. The highest BCUT2D eigenvalue weighted by molar-refractivity contribution is 7.93. The van der Waals surface area contributed by atoms with Crippen LogP contribution in [0.3, 0.4) is 0 Å². The lowest BCUT2D eigenvalue weighted by Crippen LogP contribution is -2.16. The van der Waals surface area contributed by atoms with Crippen molar-refractivity contribution < 1.29 is 27.4 Å². The number of thiophene rings is 1. The van der Waals surface area contributed by atoms with Crippen LogP contribution in [0.25, 0.3) is 0 Å². The Balaban J connectivity index is 1.98. The van der Waals surface area contributed by atoms with Crippen molar-refractivity contribution in [1.82, 2.24) is 0 Å². The van der Waals surface area contributed by atoms with Gasteiger partial charge in [0.2, 0.25) is 0 Å². The maximum Gasteiger partial charge on any atom is 0.341 e. The molecule has 1 aromatic heterocycles. The van der Waals surface area contributed by atoms with E-state index in [1.165, 1.54) is 23.5 Å². The fraction of sp³-hybridized carbons (Fsp3) is 0.476. The summed E-state index contributed by atoms with van der Waals surface area (Å²) in [5, 5.41) is 0.312. The van der Waals surface area contributed by atoms with Gasteiger partial charge < -0.3 is 14.2 Å². The van der Waals surface area contributed by atoms with Crippen molar-refractivity contribution in [3.8, 4) is 11.5 Å². The predicted molar refractivity (Wildman–Crippen MR) is 117 cm³/mol. The van der Waals surface area contributed by atoms with E-state index in [-0.39, 0.29) is 11.5 Å². The molecule has 0 bridgehead atoms. The molecule has 1 aliphatic rings. The molecule has 0 atom stereocenters. The lowest BCUT2D eigenvalue weighted by molar-refractivity contribution is 0.0526. The Hall–Kier alpha value is -2.26. The highest BCUT2D eigenvalue weighted by atomic mass is 32.2. The molecule has 30 heavy (non-hydrogen) atoms. The van der Waals surface area contributed by atoms with Crippen LogP contribution in [-0.4, -0.2) is 34.2 Å². The molecule has 1 aliphatic carbocycles. The van der Waals surface area contributed by atoms with Crippen molar-refractivity contribution in [3.05, 3.63) is 34.2 Å². The first-order chi connectivity index (χ1) is 14.4. The molecule has 1 aromatic carbocycles. The molecule has 0 saturated heterocycles. The monoisotopic (exact) mass is 453 g/mol. The molecule has 1 heterocycles. The van der Waals surface area contributed by atoms with E-state index in [0.717, 1.165) is 36.1 Å². The fourth-order valence-electron chi connectivity index (χ4n) is 3.44. The number of aryl methyl sites for hydroxylation is 1. The Bertz CT molecular complexity index is 1010. The molecular formula is C21H27NO6S2. The molecule has 2 aromatic rings. The summed E-state index contributed by atoms with van der Waals surface area (Å²) in [7, 11) is -3.94. The first kappa shape index (κ1) is 22.4.